The third-order valence-corrected chi connectivity index (χ3v) is 4.74. The number of likely N-dealkylation sites (tertiary alicyclic amines) is 1. The molecule has 0 aliphatic carbocycles. The van der Waals surface area contributed by atoms with Crippen LogP contribution in [0, 0.1) is 0 Å². The van der Waals surface area contributed by atoms with Crippen molar-refractivity contribution in [1.29, 1.82) is 0 Å². The van der Waals surface area contributed by atoms with Crippen molar-refractivity contribution >= 4 is 21.6 Å². The highest BCUT2D eigenvalue weighted by atomic mass is 32.1. The zero-order chi connectivity index (χ0) is 14.7. The van der Waals surface area contributed by atoms with E-state index in [2.05, 4.69) is 44.3 Å². The van der Waals surface area contributed by atoms with Crippen LogP contribution in [0.25, 0.3) is 0 Å². The van der Waals surface area contributed by atoms with Crippen molar-refractivity contribution in [2.24, 2.45) is 0 Å². The summed E-state index contributed by atoms with van der Waals surface area (Å²) in [5.41, 5.74) is 8.41. The number of rotatable bonds is 5. The minimum atomic E-state index is 0.516. The number of nitrogens with two attached hydrogens (primary N) is 1. The van der Waals surface area contributed by atoms with E-state index >= 15 is 0 Å². The van der Waals surface area contributed by atoms with E-state index < -0.39 is 0 Å². The molecule has 2 N–H and O–H groups in total. The molecular weight excluding hydrogens is 282 g/mol. The van der Waals surface area contributed by atoms with E-state index in [4.69, 9.17) is 5.73 Å². The summed E-state index contributed by atoms with van der Waals surface area (Å²) >= 11 is 1.42. The molecule has 112 valence electrons. The lowest BCUT2D eigenvalue weighted by molar-refractivity contribution is 0.330. The molecule has 1 aliphatic heterocycles. The number of hydrogen-bond donors (Lipinski definition) is 1. The van der Waals surface area contributed by atoms with E-state index in [1.54, 1.807) is 0 Å². The number of nitrogen functional groups attached to an aromatic ring is 1. The van der Waals surface area contributed by atoms with Gasteiger partial charge in [0.2, 0.25) is 10.3 Å². The monoisotopic (exact) mass is 303 g/mol. The third kappa shape index (κ3) is 3.51. The quantitative estimate of drug-likeness (QED) is 0.919. The van der Waals surface area contributed by atoms with Crippen molar-refractivity contribution in [2.75, 3.05) is 30.8 Å². The molecule has 3 rings (SSSR count). The topological polar surface area (TPSA) is 58.3 Å². The Labute approximate surface area is 129 Å². The van der Waals surface area contributed by atoms with Crippen LogP contribution in [-0.4, -0.2) is 35.2 Å². The molecule has 2 heterocycles. The van der Waals surface area contributed by atoms with Gasteiger partial charge in [0.25, 0.3) is 0 Å². The molecule has 1 aromatic heterocycles. The van der Waals surface area contributed by atoms with Gasteiger partial charge in [0, 0.05) is 20.1 Å². The Morgan fingerprint density at radius 1 is 1.19 bits per heavy atom. The van der Waals surface area contributed by atoms with Crippen LogP contribution >= 0.6 is 11.3 Å². The highest BCUT2D eigenvalue weighted by Gasteiger charge is 2.15. The smallest absolute Gasteiger partial charge is 0.210 e. The predicted octanol–water partition coefficient (Wildman–Crippen LogP) is 2.35. The second-order valence-corrected chi connectivity index (χ2v) is 6.52. The lowest BCUT2D eigenvalue weighted by atomic mass is 10.1. The van der Waals surface area contributed by atoms with Crippen molar-refractivity contribution < 1.29 is 0 Å². The van der Waals surface area contributed by atoms with Crippen molar-refractivity contribution in [3.05, 3.63) is 35.4 Å². The van der Waals surface area contributed by atoms with Crippen molar-refractivity contribution in [3.63, 3.8) is 0 Å². The van der Waals surface area contributed by atoms with E-state index in [0.717, 1.165) is 18.2 Å². The first-order chi connectivity index (χ1) is 10.2. The third-order valence-electron chi connectivity index (χ3n) is 3.88. The van der Waals surface area contributed by atoms with Crippen LogP contribution in [0.2, 0.25) is 0 Å². The van der Waals surface area contributed by atoms with E-state index in [0.29, 0.717) is 5.13 Å². The van der Waals surface area contributed by atoms with Gasteiger partial charge in [-0.2, -0.15) is 0 Å². The number of hydrogen-bond acceptors (Lipinski definition) is 6. The maximum atomic E-state index is 5.66. The van der Waals surface area contributed by atoms with Gasteiger partial charge in [-0.15, -0.1) is 10.2 Å². The second-order valence-electron chi connectivity index (χ2n) is 5.53. The van der Waals surface area contributed by atoms with Crippen LogP contribution in [0.15, 0.2) is 24.3 Å². The van der Waals surface area contributed by atoms with Crippen LogP contribution < -0.4 is 10.6 Å². The maximum Gasteiger partial charge on any atom is 0.210 e. The lowest BCUT2D eigenvalue weighted by Crippen LogP contribution is -2.22. The average Bonchev–Trinajstić information content (AvgIpc) is 3.12. The normalized spacial score (nSPS) is 15.5. The van der Waals surface area contributed by atoms with Gasteiger partial charge in [-0.1, -0.05) is 35.6 Å². The maximum absolute atomic E-state index is 5.66. The summed E-state index contributed by atoms with van der Waals surface area (Å²) in [7, 11) is 2.03. The molecule has 0 spiro atoms. The van der Waals surface area contributed by atoms with Gasteiger partial charge in [0.05, 0.1) is 0 Å². The summed E-state index contributed by atoms with van der Waals surface area (Å²) in [4.78, 5) is 4.64. The van der Waals surface area contributed by atoms with Gasteiger partial charge < -0.3 is 10.6 Å². The molecule has 6 heteroatoms. The summed E-state index contributed by atoms with van der Waals surface area (Å²) in [5, 5.41) is 9.37. The summed E-state index contributed by atoms with van der Waals surface area (Å²) in [6.45, 7) is 4.31. The summed E-state index contributed by atoms with van der Waals surface area (Å²) in [6.07, 6.45) is 2.65. The zero-order valence-electron chi connectivity index (χ0n) is 12.3. The Kier molecular flexibility index (Phi) is 4.36. The van der Waals surface area contributed by atoms with Gasteiger partial charge in [0.15, 0.2) is 0 Å². The first kappa shape index (κ1) is 14.3. The fraction of sp³-hybridized carbons (Fsp3) is 0.467. The van der Waals surface area contributed by atoms with Gasteiger partial charge in [-0.3, -0.25) is 4.90 Å². The SMILES string of the molecule is CN(Cc1ccccc1CN1CCCC1)c1nnc(N)s1. The molecule has 1 aromatic carbocycles. The molecular formula is C15H21N5S. The number of benzene rings is 1. The van der Waals surface area contributed by atoms with E-state index in [9.17, 15) is 0 Å². The van der Waals surface area contributed by atoms with E-state index in [1.165, 1.54) is 48.4 Å². The molecule has 5 nitrogen and oxygen atoms in total. The highest BCUT2D eigenvalue weighted by molar-refractivity contribution is 7.18. The molecule has 0 bridgehead atoms. The molecule has 0 amide bonds. The second kappa shape index (κ2) is 6.41. The molecule has 0 unspecified atom stereocenters. The van der Waals surface area contributed by atoms with Gasteiger partial charge in [-0.05, 0) is 37.1 Å². The molecule has 0 atom stereocenters. The van der Waals surface area contributed by atoms with Crippen LogP contribution in [0.1, 0.15) is 24.0 Å². The highest BCUT2D eigenvalue weighted by Crippen LogP contribution is 2.23. The molecule has 21 heavy (non-hydrogen) atoms. The van der Waals surface area contributed by atoms with Gasteiger partial charge >= 0.3 is 0 Å². The molecule has 0 radical (unpaired) electrons. The number of nitrogens with zero attached hydrogens (tertiary/aromatic N) is 4. The first-order valence-corrected chi connectivity index (χ1v) is 8.13. The zero-order valence-corrected chi connectivity index (χ0v) is 13.1. The Morgan fingerprint density at radius 3 is 2.57 bits per heavy atom. The number of anilines is 2. The average molecular weight is 303 g/mol. The fourth-order valence-electron chi connectivity index (χ4n) is 2.75. The largest absolute Gasteiger partial charge is 0.374 e. The Bertz CT molecular complexity index is 591. The van der Waals surface area contributed by atoms with E-state index in [1.807, 2.05) is 7.05 Å². The van der Waals surface area contributed by atoms with Crippen LogP contribution in [0.3, 0.4) is 0 Å². The molecule has 1 aliphatic rings. The van der Waals surface area contributed by atoms with Crippen LogP contribution in [0.4, 0.5) is 10.3 Å². The van der Waals surface area contributed by atoms with E-state index in [-0.39, 0.29) is 0 Å². The molecule has 1 saturated heterocycles. The van der Waals surface area contributed by atoms with Crippen molar-refractivity contribution in [1.82, 2.24) is 15.1 Å². The first-order valence-electron chi connectivity index (χ1n) is 7.31. The summed E-state index contributed by atoms with van der Waals surface area (Å²) in [6, 6.07) is 8.66. The standard InChI is InChI=1S/C15H21N5S/c1-19(15-18-17-14(16)21-15)10-12-6-2-3-7-13(12)11-20-8-4-5-9-20/h2-3,6-7H,4-5,8-11H2,1H3,(H2,16,17). The van der Waals surface area contributed by atoms with Crippen molar-refractivity contribution in [3.8, 4) is 0 Å². The van der Waals surface area contributed by atoms with Gasteiger partial charge in [-0.25, -0.2) is 0 Å². The minimum absolute atomic E-state index is 0.516. The van der Waals surface area contributed by atoms with Crippen LogP contribution in [0.5, 0.6) is 0 Å². The Morgan fingerprint density at radius 2 is 1.90 bits per heavy atom. The molecule has 1 fully saturated rings. The van der Waals surface area contributed by atoms with Crippen molar-refractivity contribution in [2.45, 2.75) is 25.9 Å². The summed E-state index contributed by atoms with van der Waals surface area (Å²) < 4.78 is 0. The predicted molar refractivity (Wildman–Crippen MR) is 87.4 cm³/mol. The number of aromatic nitrogens is 2. The minimum Gasteiger partial charge on any atom is -0.374 e. The Hall–Kier alpha value is -1.66. The Balaban J connectivity index is 1.72. The fourth-order valence-corrected chi connectivity index (χ4v) is 3.32. The lowest BCUT2D eigenvalue weighted by Gasteiger charge is -2.20. The van der Waals surface area contributed by atoms with Gasteiger partial charge in [0.1, 0.15) is 0 Å². The molecule has 0 saturated carbocycles. The molecule has 2 aromatic rings. The van der Waals surface area contributed by atoms with Crippen LogP contribution in [-0.2, 0) is 13.1 Å². The summed E-state index contributed by atoms with van der Waals surface area (Å²) in [5.74, 6) is 0.